The van der Waals surface area contributed by atoms with Crippen molar-refractivity contribution < 1.29 is 9.59 Å². The Morgan fingerprint density at radius 2 is 1.62 bits per heavy atom. The van der Waals surface area contributed by atoms with E-state index in [1.54, 1.807) is 30.3 Å². The van der Waals surface area contributed by atoms with Crippen LogP contribution in [0.25, 0.3) is 0 Å². The number of hydrogen-bond acceptors (Lipinski definition) is 3. The number of carbonyl (C=O) groups excluding carboxylic acids is 2. The van der Waals surface area contributed by atoms with Crippen LogP contribution in [0.4, 0.5) is 21.9 Å². The molecule has 29 heavy (non-hydrogen) atoms. The highest BCUT2D eigenvalue weighted by molar-refractivity contribution is 6.39. The molecule has 6 nitrogen and oxygen atoms in total. The fourth-order valence-electron chi connectivity index (χ4n) is 3.34. The Hall–Kier alpha value is -2.44. The van der Waals surface area contributed by atoms with Crippen molar-refractivity contribution >= 4 is 52.2 Å². The Bertz CT molecular complexity index is 891. The molecular formula is C21H24Cl2N4O2. The van der Waals surface area contributed by atoms with Crippen molar-refractivity contribution in [2.24, 2.45) is 0 Å². The normalized spacial score (nSPS) is 13.7. The summed E-state index contributed by atoms with van der Waals surface area (Å²) in [6.07, 6.45) is 3.18. The van der Waals surface area contributed by atoms with Gasteiger partial charge in [0.2, 0.25) is 0 Å². The highest BCUT2D eigenvalue weighted by Crippen LogP contribution is 2.30. The summed E-state index contributed by atoms with van der Waals surface area (Å²) in [5.41, 5.74) is 2.21. The molecule has 0 atom stereocenters. The maximum atomic E-state index is 13.1. The lowest BCUT2D eigenvalue weighted by molar-refractivity contribution is 0.0725. The molecule has 2 N–H and O–H groups in total. The molecule has 3 rings (SSSR count). The molecule has 154 valence electrons. The second-order valence-electron chi connectivity index (χ2n) is 7.15. The minimum absolute atomic E-state index is 0.0217. The molecule has 1 saturated heterocycles. The monoisotopic (exact) mass is 434 g/mol. The molecule has 0 aliphatic carbocycles. The van der Waals surface area contributed by atoms with Crippen LogP contribution in [-0.4, -0.2) is 44.0 Å². The van der Waals surface area contributed by atoms with Crippen molar-refractivity contribution in [1.29, 1.82) is 0 Å². The number of piperidine rings is 1. The third kappa shape index (κ3) is 5.14. The van der Waals surface area contributed by atoms with E-state index in [1.165, 1.54) is 0 Å². The third-order valence-electron chi connectivity index (χ3n) is 4.81. The maximum Gasteiger partial charge on any atom is 0.323 e. The van der Waals surface area contributed by atoms with E-state index in [9.17, 15) is 9.59 Å². The van der Waals surface area contributed by atoms with E-state index >= 15 is 0 Å². The van der Waals surface area contributed by atoms with E-state index in [0.717, 1.165) is 38.0 Å². The van der Waals surface area contributed by atoms with Gasteiger partial charge >= 0.3 is 6.03 Å². The predicted octanol–water partition coefficient (Wildman–Crippen LogP) is 5.33. The number of carbonyl (C=O) groups is 2. The van der Waals surface area contributed by atoms with Crippen LogP contribution < -0.4 is 15.5 Å². The first-order valence-corrected chi connectivity index (χ1v) is 10.2. The first kappa shape index (κ1) is 21.3. The van der Waals surface area contributed by atoms with Crippen LogP contribution in [0.15, 0.2) is 36.4 Å². The highest BCUT2D eigenvalue weighted by Gasteiger charge is 2.22. The van der Waals surface area contributed by atoms with E-state index in [4.69, 9.17) is 23.2 Å². The lowest BCUT2D eigenvalue weighted by atomic mass is 10.1. The topological polar surface area (TPSA) is 64.7 Å². The Morgan fingerprint density at radius 1 is 0.966 bits per heavy atom. The van der Waals surface area contributed by atoms with E-state index in [2.05, 4.69) is 10.6 Å². The number of para-hydroxylation sites is 1. The van der Waals surface area contributed by atoms with Crippen molar-refractivity contribution in [3.63, 3.8) is 0 Å². The third-order valence-corrected chi connectivity index (χ3v) is 5.44. The van der Waals surface area contributed by atoms with Crippen molar-refractivity contribution in [2.75, 3.05) is 42.7 Å². The van der Waals surface area contributed by atoms with Crippen LogP contribution in [0.3, 0.4) is 0 Å². The summed E-state index contributed by atoms with van der Waals surface area (Å²) in [6.45, 7) is 1.52. The first-order chi connectivity index (χ1) is 13.9. The average molecular weight is 435 g/mol. The molecule has 0 radical (unpaired) electrons. The molecule has 2 aromatic rings. The number of halogens is 2. The predicted molar refractivity (Wildman–Crippen MR) is 120 cm³/mol. The van der Waals surface area contributed by atoms with Gasteiger partial charge in [-0.15, -0.1) is 0 Å². The number of amides is 3. The molecule has 0 aromatic heterocycles. The lowest BCUT2D eigenvalue weighted by Gasteiger charge is -2.28. The molecule has 2 aromatic carbocycles. The van der Waals surface area contributed by atoms with Gasteiger partial charge in [0.15, 0.2) is 0 Å². The Kier molecular flexibility index (Phi) is 6.87. The molecule has 1 aliphatic heterocycles. The van der Waals surface area contributed by atoms with Crippen LogP contribution in [0.1, 0.15) is 29.6 Å². The van der Waals surface area contributed by atoms with Gasteiger partial charge in [-0.25, -0.2) is 4.79 Å². The van der Waals surface area contributed by atoms with Gasteiger partial charge in [0.05, 0.1) is 21.3 Å². The number of urea groups is 1. The summed E-state index contributed by atoms with van der Waals surface area (Å²) < 4.78 is 0. The number of benzene rings is 2. The summed E-state index contributed by atoms with van der Waals surface area (Å²) in [6, 6.07) is 9.79. The molecule has 1 aliphatic rings. The molecule has 0 saturated carbocycles. The van der Waals surface area contributed by atoms with E-state index in [0.29, 0.717) is 27.0 Å². The fraction of sp³-hybridized carbons (Fsp3) is 0.333. The van der Waals surface area contributed by atoms with Crippen molar-refractivity contribution in [1.82, 2.24) is 4.90 Å². The number of likely N-dealkylation sites (tertiary alicyclic amines) is 1. The van der Waals surface area contributed by atoms with Gasteiger partial charge in [0.1, 0.15) is 0 Å². The molecule has 1 fully saturated rings. The van der Waals surface area contributed by atoms with E-state index in [-0.39, 0.29) is 5.91 Å². The second-order valence-corrected chi connectivity index (χ2v) is 7.97. The van der Waals surface area contributed by atoms with Gasteiger partial charge in [-0.05, 0) is 49.6 Å². The summed E-state index contributed by atoms with van der Waals surface area (Å²) in [5.74, 6) is -0.0217. The van der Waals surface area contributed by atoms with Gasteiger partial charge in [-0.3, -0.25) is 4.79 Å². The first-order valence-electron chi connectivity index (χ1n) is 9.49. The highest BCUT2D eigenvalue weighted by atomic mass is 35.5. The van der Waals surface area contributed by atoms with Crippen LogP contribution >= 0.6 is 23.2 Å². The van der Waals surface area contributed by atoms with Gasteiger partial charge in [0.25, 0.3) is 5.91 Å². The molecule has 3 amide bonds. The van der Waals surface area contributed by atoms with Gasteiger partial charge in [-0.1, -0.05) is 29.3 Å². The van der Waals surface area contributed by atoms with Crippen molar-refractivity contribution in [2.45, 2.75) is 19.3 Å². The average Bonchev–Trinajstić information content (AvgIpc) is 2.70. The van der Waals surface area contributed by atoms with E-state index < -0.39 is 6.03 Å². The zero-order chi connectivity index (χ0) is 21.0. The summed E-state index contributed by atoms with van der Waals surface area (Å²) in [4.78, 5) is 29.3. The molecule has 1 heterocycles. The quantitative estimate of drug-likeness (QED) is 0.683. The number of anilines is 3. The van der Waals surface area contributed by atoms with Gasteiger partial charge < -0.3 is 20.4 Å². The SMILES string of the molecule is CN(C)c1ccc(NC(=O)Nc2c(Cl)cccc2Cl)cc1C(=O)N1CCCCC1. The smallest absolute Gasteiger partial charge is 0.323 e. The second kappa shape index (κ2) is 9.37. The fourth-order valence-corrected chi connectivity index (χ4v) is 3.83. The standard InChI is InChI=1S/C21H24Cl2N4O2/c1-26(2)18-10-9-14(13-15(18)20(28)27-11-4-3-5-12-27)24-21(29)25-19-16(22)7-6-8-17(19)23/h6-10,13H,3-5,11-12H2,1-2H3,(H2,24,25,29). The summed E-state index contributed by atoms with van der Waals surface area (Å²) >= 11 is 12.2. The van der Waals surface area contributed by atoms with Gasteiger partial charge in [-0.2, -0.15) is 0 Å². The largest absolute Gasteiger partial charge is 0.377 e. The lowest BCUT2D eigenvalue weighted by Crippen LogP contribution is -2.36. The van der Waals surface area contributed by atoms with E-state index in [1.807, 2.05) is 30.0 Å². The molecule has 8 heteroatoms. The molecular weight excluding hydrogens is 411 g/mol. The van der Waals surface area contributed by atoms with Crippen molar-refractivity contribution in [3.8, 4) is 0 Å². The van der Waals surface area contributed by atoms with Crippen LogP contribution in [0.2, 0.25) is 10.0 Å². The summed E-state index contributed by atoms with van der Waals surface area (Å²) in [5, 5.41) is 6.10. The number of rotatable bonds is 4. The number of hydrogen-bond donors (Lipinski definition) is 2. The zero-order valence-electron chi connectivity index (χ0n) is 16.5. The minimum atomic E-state index is -0.492. The van der Waals surface area contributed by atoms with Crippen LogP contribution in [0.5, 0.6) is 0 Å². The summed E-state index contributed by atoms with van der Waals surface area (Å²) in [7, 11) is 3.78. The zero-order valence-corrected chi connectivity index (χ0v) is 18.0. The Labute approximate surface area is 180 Å². The van der Waals surface area contributed by atoms with Crippen LogP contribution in [0, 0.1) is 0 Å². The maximum absolute atomic E-state index is 13.1. The number of nitrogens with zero attached hydrogens (tertiary/aromatic N) is 2. The minimum Gasteiger partial charge on any atom is -0.377 e. The molecule has 0 spiro atoms. The molecule has 0 bridgehead atoms. The Morgan fingerprint density at radius 3 is 2.24 bits per heavy atom. The Balaban J connectivity index is 1.81. The number of nitrogens with one attached hydrogen (secondary N) is 2. The van der Waals surface area contributed by atoms with Crippen LogP contribution in [-0.2, 0) is 0 Å². The van der Waals surface area contributed by atoms with Crippen molar-refractivity contribution in [3.05, 3.63) is 52.0 Å². The molecule has 0 unspecified atom stereocenters. The van der Waals surface area contributed by atoms with Gasteiger partial charge in [0, 0.05) is 38.6 Å².